The lowest BCUT2D eigenvalue weighted by molar-refractivity contribution is 0.104. The summed E-state index contributed by atoms with van der Waals surface area (Å²) in [5.41, 5.74) is 3.95. The molecular weight excluding hydrogens is 400 g/mol. The summed E-state index contributed by atoms with van der Waals surface area (Å²) in [7, 11) is 1.55. The first-order valence-electron chi connectivity index (χ1n) is 10.5. The number of carbonyl (C=O) groups is 1. The molecule has 0 atom stereocenters. The van der Waals surface area contributed by atoms with E-state index < -0.39 is 0 Å². The molecule has 3 aromatic rings. The smallest absolute Gasteiger partial charge is 0.189 e. The number of ketones is 1. The SMILES string of the molecule is COc1ccc(C(=O)/C=C/c2ccc(OCc3ccccc3)cc2)c(O)c1CC=C(C)C. The van der Waals surface area contributed by atoms with Gasteiger partial charge in [0.25, 0.3) is 0 Å². The molecular formula is C28H28O4. The summed E-state index contributed by atoms with van der Waals surface area (Å²) in [6, 6.07) is 20.8. The van der Waals surface area contributed by atoms with Crippen molar-refractivity contribution in [2.45, 2.75) is 26.9 Å². The second-order valence-electron chi connectivity index (χ2n) is 7.67. The minimum atomic E-state index is -0.270. The van der Waals surface area contributed by atoms with E-state index >= 15 is 0 Å². The van der Waals surface area contributed by atoms with Gasteiger partial charge in [-0.15, -0.1) is 0 Å². The first-order valence-corrected chi connectivity index (χ1v) is 10.5. The molecule has 32 heavy (non-hydrogen) atoms. The first-order chi connectivity index (χ1) is 15.5. The van der Waals surface area contributed by atoms with Crippen LogP contribution in [0.25, 0.3) is 6.08 Å². The molecule has 0 spiro atoms. The van der Waals surface area contributed by atoms with Crippen molar-refractivity contribution in [3.63, 3.8) is 0 Å². The van der Waals surface area contributed by atoms with Gasteiger partial charge in [-0.05, 0) is 61.7 Å². The Hall–Kier alpha value is -3.79. The van der Waals surface area contributed by atoms with E-state index in [0.29, 0.717) is 24.3 Å². The van der Waals surface area contributed by atoms with E-state index in [-0.39, 0.29) is 17.1 Å². The number of phenols is 1. The highest BCUT2D eigenvalue weighted by Gasteiger charge is 2.16. The molecule has 0 unspecified atom stereocenters. The number of hydrogen-bond donors (Lipinski definition) is 1. The van der Waals surface area contributed by atoms with Crippen LogP contribution in [0.2, 0.25) is 0 Å². The highest BCUT2D eigenvalue weighted by atomic mass is 16.5. The fourth-order valence-electron chi connectivity index (χ4n) is 3.19. The third-order valence-corrected chi connectivity index (χ3v) is 5.00. The molecule has 0 heterocycles. The van der Waals surface area contributed by atoms with Crippen LogP contribution in [-0.4, -0.2) is 18.0 Å². The zero-order valence-electron chi connectivity index (χ0n) is 18.7. The highest BCUT2D eigenvalue weighted by molar-refractivity contribution is 6.09. The van der Waals surface area contributed by atoms with E-state index in [0.717, 1.165) is 22.4 Å². The van der Waals surface area contributed by atoms with Crippen molar-refractivity contribution in [1.29, 1.82) is 0 Å². The van der Waals surface area contributed by atoms with Crippen molar-refractivity contribution in [3.8, 4) is 17.2 Å². The van der Waals surface area contributed by atoms with Gasteiger partial charge in [0.1, 0.15) is 23.9 Å². The Morgan fingerprint density at radius 1 is 0.969 bits per heavy atom. The van der Waals surface area contributed by atoms with E-state index in [1.54, 1.807) is 25.3 Å². The van der Waals surface area contributed by atoms with Gasteiger partial charge < -0.3 is 14.6 Å². The maximum atomic E-state index is 12.7. The van der Waals surface area contributed by atoms with Gasteiger partial charge in [0.15, 0.2) is 5.78 Å². The molecule has 3 aromatic carbocycles. The molecule has 4 heteroatoms. The lowest BCUT2D eigenvalue weighted by atomic mass is 10.0. The summed E-state index contributed by atoms with van der Waals surface area (Å²) in [5.74, 6) is 1.01. The van der Waals surface area contributed by atoms with Crippen molar-refractivity contribution < 1.29 is 19.4 Å². The molecule has 0 aliphatic rings. The Morgan fingerprint density at radius 2 is 1.69 bits per heavy atom. The molecule has 0 amide bonds. The first kappa shape index (κ1) is 22.9. The van der Waals surface area contributed by atoms with Gasteiger partial charge in [-0.2, -0.15) is 0 Å². The van der Waals surface area contributed by atoms with Gasteiger partial charge >= 0.3 is 0 Å². The maximum Gasteiger partial charge on any atom is 0.189 e. The summed E-state index contributed by atoms with van der Waals surface area (Å²) < 4.78 is 11.1. The Labute approximate surface area is 189 Å². The Bertz CT molecular complexity index is 1110. The predicted octanol–water partition coefficient (Wildman–Crippen LogP) is 6.38. The number of carbonyl (C=O) groups excluding carboxylic acids is 1. The average molecular weight is 429 g/mol. The zero-order chi connectivity index (χ0) is 22.9. The zero-order valence-corrected chi connectivity index (χ0v) is 18.7. The van der Waals surface area contributed by atoms with E-state index in [4.69, 9.17) is 9.47 Å². The predicted molar refractivity (Wildman–Crippen MR) is 128 cm³/mol. The van der Waals surface area contributed by atoms with Crippen LogP contribution in [0.4, 0.5) is 0 Å². The van der Waals surface area contributed by atoms with Crippen molar-refractivity contribution in [2.75, 3.05) is 7.11 Å². The quantitative estimate of drug-likeness (QED) is 0.244. The number of aromatic hydroxyl groups is 1. The van der Waals surface area contributed by atoms with Crippen LogP contribution < -0.4 is 9.47 Å². The van der Waals surface area contributed by atoms with Gasteiger partial charge in [-0.25, -0.2) is 0 Å². The van der Waals surface area contributed by atoms with E-state index in [1.165, 1.54) is 6.08 Å². The highest BCUT2D eigenvalue weighted by Crippen LogP contribution is 2.33. The van der Waals surface area contributed by atoms with Gasteiger partial charge in [0, 0.05) is 5.56 Å². The fourth-order valence-corrected chi connectivity index (χ4v) is 3.19. The number of phenolic OH excluding ortho intramolecular Hbond substituents is 1. The molecule has 0 aliphatic carbocycles. The number of allylic oxidation sites excluding steroid dienone is 3. The molecule has 1 N–H and O–H groups in total. The topological polar surface area (TPSA) is 55.8 Å². The minimum absolute atomic E-state index is 0.0406. The number of methoxy groups -OCH3 is 1. The summed E-state index contributed by atoms with van der Waals surface area (Å²) in [4.78, 5) is 12.7. The van der Waals surface area contributed by atoms with Gasteiger partial charge in [-0.1, -0.05) is 60.2 Å². The lowest BCUT2D eigenvalue weighted by Gasteiger charge is -2.12. The van der Waals surface area contributed by atoms with Crippen LogP contribution in [-0.2, 0) is 13.0 Å². The van der Waals surface area contributed by atoms with E-state index in [2.05, 4.69) is 0 Å². The van der Waals surface area contributed by atoms with Crippen LogP contribution in [0.1, 0.15) is 40.9 Å². The Morgan fingerprint density at radius 3 is 2.34 bits per heavy atom. The molecule has 164 valence electrons. The van der Waals surface area contributed by atoms with Gasteiger partial charge in [0.2, 0.25) is 0 Å². The molecule has 0 aromatic heterocycles. The molecule has 0 saturated heterocycles. The standard InChI is InChI=1S/C28H28O4/c1-20(2)9-15-25-27(31-3)18-16-24(28(25)30)26(29)17-12-21-10-13-23(14-11-21)32-19-22-7-5-4-6-8-22/h4-14,16-18,30H,15,19H2,1-3H3/b17-12+. The third kappa shape index (κ3) is 6.11. The molecule has 4 nitrogen and oxygen atoms in total. The summed E-state index contributed by atoms with van der Waals surface area (Å²) in [6.07, 6.45) is 5.67. The van der Waals surface area contributed by atoms with Crippen LogP contribution in [0.3, 0.4) is 0 Å². The van der Waals surface area contributed by atoms with Crippen LogP contribution in [0.15, 0.2) is 84.5 Å². The van der Waals surface area contributed by atoms with Crippen molar-refractivity contribution in [3.05, 3.63) is 107 Å². The van der Waals surface area contributed by atoms with Crippen LogP contribution in [0.5, 0.6) is 17.2 Å². The molecule has 0 fully saturated rings. The second kappa shape index (κ2) is 11.0. The summed E-state index contributed by atoms with van der Waals surface area (Å²) in [5, 5.41) is 10.7. The summed E-state index contributed by atoms with van der Waals surface area (Å²) in [6.45, 7) is 4.47. The average Bonchev–Trinajstić information content (AvgIpc) is 2.81. The van der Waals surface area contributed by atoms with Crippen LogP contribution in [0, 0.1) is 0 Å². The number of ether oxygens (including phenoxy) is 2. The number of rotatable bonds is 9. The van der Waals surface area contributed by atoms with Crippen molar-refractivity contribution in [1.82, 2.24) is 0 Å². The van der Waals surface area contributed by atoms with Gasteiger partial charge in [-0.3, -0.25) is 4.79 Å². The van der Waals surface area contributed by atoms with E-state index in [9.17, 15) is 9.90 Å². The van der Waals surface area contributed by atoms with Crippen LogP contribution >= 0.6 is 0 Å². The third-order valence-electron chi connectivity index (χ3n) is 5.00. The molecule has 3 rings (SSSR count). The van der Waals surface area contributed by atoms with Crippen molar-refractivity contribution in [2.24, 2.45) is 0 Å². The second-order valence-corrected chi connectivity index (χ2v) is 7.67. The maximum absolute atomic E-state index is 12.7. The number of benzene rings is 3. The van der Waals surface area contributed by atoms with Gasteiger partial charge in [0.05, 0.1) is 12.7 Å². The van der Waals surface area contributed by atoms with E-state index in [1.807, 2.05) is 74.5 Å². The Balaban J connectivity index is 1.69. The molecule has 0 radical (unpaired) electrons. The Kier molecular flexibility index (Phi) is 7.87. The molecule has 0 aliphatic heterocycles. The largest absolute Gasteiger partial charge is 0.507 e. The normalized spacial score (nSPS) is 10.7. The lowest BCUT2D eigenvalue weighted by Crippen LogP contribution is -2.00. The van der Waals surface area contributed by atoms with Crippen molar-refractivity contribution >= 4 is 11.9 Å². The summed E-state index contributed by atoms with van der Waals surface area (Å²) >= 11 is 0. The minimum Gasteiger partial charge on any atom is -0.507 e. The monoisotopic (exact) mass is 428 g/mol. The molecule has 0 bridgehead atoms. The molecule has 0 saturated carbocycles. The number of hydrogen-bond acceptors (Lipinski definition) is 4. The fraction of sp³-hybridized carbons (Fsp3) is 0.179.